The molecule has 0 atom stereocenters. The molecular formula is C23H27ClN6O. The van der Waals surface area contributed by atoms with Gasteiger partial charge in [0, 0.05) is 49.7 Å². The van der Waals surface area contributed by atoms with Gasteiger partial charge >= 0.3 is 0 Å². The van der Waals surface area contributed by atoms with Crippen molar-refractivity contribution in [2.24, 2.45) is 4.99 Å². The summed E-state index contributed by atoms with van der Waals surface area (Å²) in [6.45, 7) is 2.01. The molecule has 3 aromatic rings. The standard InChI is InChI=1S/C23H27ClN6O/c1-25-23(26-13-4-8-22(31)29-21-11-9-20(24)10-12-21)27-16-18-6-2-3-7-19(18)17-30-15-5-14-28-30/h2-3,5-7,9-12,14-15H,4,8,13,16-17H2,1H3,(H,29,31)(H2,25,26,27). The molecular weight excluding hydrogens is 412 g/mol. The molecule has 8 heteroatoms. The van der Waals surface area contributed by atoms with E-state index in [1.165, 1.54) is 11.1 Å². The maximum absolute atomic E-state index is 12.1. The van der Waals surface area contributed by atoms with E-state index in [4.69, 9.17) is 11.6 Å². The minimum Gasteiger partial charge on any atom is -0.356 e. The van der Waals surface area contributed by atoms with Crippen molar-refractivity contribution in [2.75, 3.05) is 18.9 Å². The highest BCUT2D eigenvalue weighted by Crippen LogP contribution is 2.13. The molecule has 162 valence electrons. The van der Waals surface area contributed by atoms with E-state index in [9.17, 15) is 4.79 Å². The summed E-state index contributed by atoms with van der Waals surface area (Å²) in [6, 6.07) is 17.3. The van der Waals surface area contributed by atoms with Crippen LogP contribution in [0.25, 0.3) is 0 Å². The average Bonchev–Trinajstić information content (AvgIpc) is 3.29. The first-order valence-electron chi connectivity index (χ1n) is 10.2. The number of nitrogens with zero attached hydrogens (tertiary/aromatic N) is 3. The predicted octanol–water partition coefficient (Wildman–Crippen LogP) is 3.67. The highest BCUT2D eigenvalue weighted by Gasteiger charge is 2.06. The second kappa shape index (κ2) is 11.8. The summed E-state index contributed by atoms with van der Waals surface area (Å²) >= 11 is 5.86. The molecule has 0 saturated heterocycles. The maximum atomic E-state index is 12.1. The maximum Gasteiger partial charge on any atom is 0.224 e. The molecule has 0 saturated carbocycles. The van der Waals surface area contributed by atoms with Gasteiger partial charge in [0.1, 0.15) is 0 Å². The highest BCUT2D eigenvalue weighted by molar-refractivity contribution is 6.30. The number of aromatic nitrogens is 2. The number of benzene rings is 2. The van der Waals surface area contributed by atoms with Gasteiger partial charge in [-0.05, 0) is 47.9 Å². The van der Waals surface area contributed by atoms with Gasteiger partial charge in [0.05, 0.1) is 6.54 Å². The van der Waals surface area contributed by atoms with E-state index in [0.717, 1.165) is 12.2 Å². The fourth-order valence-corrected chi connectivity index (χ4v) is 3.19. The first kappa shape index (κ1) is 22.4. The molecule has 0 bridgehead atoms. The molecule has 31 heavy (non-hydrogen) atoms. The number of hydrogen-bond donors (Lipinski definition) is 3. The third-order valence-corrected chi connectivity index (χ3v) is 4.93. The Morgan fingerprint density at radius 3 is 2.55 bits per heavy atom. The largest absolute Gasteiger partial charge is 0.356 e. The summed E-state index contributed by atoms with van der Waals surface area (Å²) in [5.41, 5.74) is 3.13. The molecule has 3 rings (SSSR count). The van der Waals surface area contributed by atoms with E-state index in [2.05, 4.69) is 38.2 Å². The fraction of sp³-hybridized carbons (Fsp3) is 0.261. The van der Waals surface area contributed by atoms with Crippen LogP contribution in [-0.4, -0.2) is 35.2 Å². The van der Waals surface area contributed by atoms with Gasteiger partial charge in [0.15, 0.2) is 5.96 Å². The van der Waals surface area contributed by atoms with Crippen LogP contribution in [0.4, 0.5) is 5.69 Å². The van der Waals surface area contributed by atoms with Crippen LogP contribution in [0.5, 0.6) is 0 Å². The third kappa shape index (κ3) is 7.46. The number of carbonyl (C=O) groups excluding carboxylic acids is 1. The second-order valence-electron chi connectivity index (χ2n) is 6.98. The summed E-state index contributed by atoms with van der Waals surface area (Å²) in [5.74, 6) is 0.673. The van der Waals surface area contributed by atoms with Gasteiger partial charge in [0.2, 0.25) is 5.91 Å². The monoisotopic (exact) mass is 438 g/mol. The second-order valence-corrected chi connectivity index (χ2v) is 7.42. The molecule has 0 radical (unpaired) electrons. The quantitative estimate of drug-likeness (QED) is 0.270. The minimum absolute atomic E-state index is 0.0281. The molecule has 7 nitrogen and oxygen atoms in total. The Balaban J connectivity index is 1.40. The van der Waals surface area contributed by atoms with E-state index in [0.29, 0.717) is 36.9 Å². The first-order valence-corrected chi connectivity index (χ1v) is 10.6. The van der Waals surface area contributed by atoms with Crippen molar-refractivity contribution in [1.29, 1.82) is 0 Å². The zero-order chi connectivity index (χ0) is 21.9. The van der Waals surface area contributed by atoms with E-state index >= 15 is 0 Å². The Bertz CT molecular complexity index is 986. The smallest absolute Gasteiger partial charge is 0.224 e. The van der Waals surface area contributed by atoms with Gasteiger partial charge in [0.25, 0.3) is 0 Å². The third-order valence-electron chi connectivity index (χ3n) is 4.68. The molecule has 1 aromatic heterocycles. The van der Waals surface area contributed by atoms with Crippen LogP contribution < -0.4 is 16.0 Å². The molecule has 3 N–H and O–H groups in total. The van der Waals surface area contributed by atoms with Gasteiger partial charge < -0.3 is 16.0 Å². The van der Waals surface area contributed by atoms with Gasteiger partial charge in [-0.3, -0.25) is 14.5 Å². The first-order chi connectivity index (χ1) is 15.1. The average molecular weight is 439 g/mol. The van der Waals surface area contributed by atoms with Crippen molar-refractivity contribution in [3.63, 3.8) is 0 Å². The minimum atomic E-state index is -0.0281. The molecule has 0 aliphatic rings. The SMILES string of the molecule is CN=C(NCCCC(=O)Nc1ccc(Cl)cc1)NCc1ccccc1Cn1cccn1. The number of guanidine groups is 1. The lowest BCUT2D eigenvalue weighted by Crippen LogP contribution is -2.37. The number of hydrogen-bond acceptors (Lipinski definition) is 3. The van der Waals surface area contributed by atoms with Crippen LogP contribution in [0.15, 0.2) is 72.0 Å². The lowest BCUT2D eigenvalue weighted by atomic mass is 10.1. The van der Waals surface area contributed by atoms with Crippen molar-refractivity contribution in [3.05, 3.63) is 83.1 Å². The molecule has 0 aliphatic heterocycles. The van der Waals surface area contributed by atoms with Crippen molar-refractivity contribution in [2.45, 2.75) is 25.9 Å². The van der Waals surface area contributed by atoms with Crippen molar-refractivity contribution >= 4 is 29.2 Å². The van der Waals surface area contributed by atoms with Crippen LogP contribution in [0.1, 0.15) is 24.0 Å². The van der Waals surface area contributed by atoms with E-state index in [1.54, 1.807) is 37.5 Å². The molecule has 1 heterocycles. The van der Waals surface area contributed by atoms with E-state index in [1.807, 2.05) is 29.1 Å². The lowest BCUT2D eigenvalue weighted by Gasteiger charge is -2.14. The fourth-order valence-electron chi connectivity index (χ4n) is 3.06. The number of carbonyl (C=O) groups is 1. The normalized spacial score (nSPS) is 11.2. The van der Waals surface area contributed by atoms with Gasteiger partial charge in [-0.1, -0.05) is 35.9 Å². The summed E-state index contributed by atoms with van der Waals surface area (Å²) in [5, 5.41) is 14.4. The van der Waals surface area contributed by atoms with Gasteiger partial charge in [-0.2, -0.15) is 5.10 Å². The van der Waals surface area contributed by atoms with Crippen LogP contribution >= 0.6 is 11.6 Å². The zero-order valence-electron chi connectivity index (χ0n) is 17.5. The number of rotatable bonds is 9. The predicted molar refractivity (Wildman–Crippen MR) is 125 cm³/mol. The highest BCUT2D eigenvalue weighted by atomic mass is 35.5. The Labute approximate surface area is 187 Å². The molecule has 0 unspecified atom stereocenters. The van der Waals surface area contributed by atoms with Crippen LogP contribution in [0.3, 0.4) is 0 Å². The number of aliphatic imine (C=N–C) groups is 1. The van der Waals surface area contributed by atoms with Gasteiger partial charge in [-0.15, -0.1) is 0 Å². The van der Waals surface area contributed by atoms with E-state index < -0.39 is 0 Å². The van der Waals surface area contributed by atoms with Crippen LogP contribution in [0.2, 0.25) is 5.02 Å². The van der Waals surface area contributed by atoms with Crippen LogP contribution in [0, 0.1) is 0 Å². The summed E-state index contributed by atoms with van der Waals surface area (Å²) in [6.07, 6.45) is 4.84. The Morgan fingerprint density at radius 1 is 1.06 bits per heavy atom. The molecule has 0 aliphatic carbocycles. The number of nitrogens with one attached hydrogen (secondary N) is 3. The zero-order valence-corrected chi connectivity index (χ0v) is 18.3. The molecule has 0 fully saturated rings. The number of anilines is 1. The summed E-state index contributed by atoms with van der Waals surface area (Å²) in [7, 11) is 1.73. The van der Waals surface area contributed by atoms with Crippen molar-refractivity contribution in [3.8, 4) is 0 Å². The number of halogens is 1. The number of amides is 1. The van der Waals surface area contributed by atoms with Crippen molar-refractivity contribution in [1.82, 2.24) is 20.4 Å². The summed E-state index contributed by atoms with van der Waals surface area (Å²) in [4.78, 5) is 16.3. The topological polar surface area (TPSA) is 83.3 Å². The molecule has 0 spiro atoms. The molecule has 1 amide bonds. The Kier molecular flexibility index (Phi) is 8.48. The van der Waals surface area contributed by atoms with Gasteiger partial charge in [-0.25, -0.2) is 0 Å². The summed E-state index contributed by atoms with van der Waals surface area (Å²) < 4.78 is 1.90. The lowest BCUT2D eigenvalue weighted by molar-refractivity contribution is -0.116. The Morgan fingerprint density at radius 2 is 1.84 bits per heavy atom. The van der Waals surface area contributed by atoms with Crippen LogP contribution in [-0.2, 0) is 17.9 Å². The van der Waals surface area contributed by atoms with E-state index in [-0.39, 0.29) is 5.91 Å². The van der Waals surface area contributed by atoms with Crippen molar-refractivity contribution < 1.29 is 4.79 Å². The molecule has 2 aromatic carbocycles. The Hall–Kier alpha value is -3.32.